The normalized spacial score (nSPS) is 12.0. The summed E-state index contributed by atoms with van der Waals surface area (Å²) in [7, 11) is 1.91. The first-order valence-corrected chi connectivity index (χ1v) is 9.63. The standard InChI is InChI=1S/C24H26FNO3/c1-26(15-16-28-23-13-9-21(25)10-14-23)17-22(27)18-29-24-11-7-20(8-12-24)19-5-3-2-4-6-19/h2-14,22,27H,15-18H2,1H3. The van der Waals surface area contributed by atoms with Crippen molar-refractivity contribution in [3.63, 3.8) is 0 Å². The van der Waals surface area contributed by atoms with Gasteiger partial charge in [-0.3, -0.25) is 0 Å². The fraction of sp³-hybridized carbons (Fsp3) is 0.250. The molecule has 1 atom stereocenters. The predicted molar refractivity (Wildman–Crippen MR) is 113 cm³/mol. The highest BCUT2D eigenvalue weighted by Crippen LogP contribution is 2.22. The number of likely N-dealkylation sites (N-methyl/N-ethyl adjacent to an activating group) is 1. The first-order valence-electron chi connectivity index (χ1n) is 9.63. The number of hydrogen-bond acceptors (Lipinski definition) is 4. The van der Waals surface area contributed by atoms with Crippen LogP contribution in [0.2, 0.25) is 0 Å². The van der Waals surface area contributed by atoms with E-state index in [0.29, 0.717) is 25.4 Å². The van der Waals surface area contributed by atoms with Gasteiger partial charge < -0.3 is 19.5 Å². The Morgan fingerprint density at radius 3 is 2.10 bits per heavy atom. The molecule has 0 saturated carbocycles. The van der Waals surface area contributed by atoms with Crippen LogP contribution in [0, 0.1) is 5.82 Å². The van der Waals surface area contributed by atoms with E-state index in [4.69, 9.17) is 9.47 Å². The highest BCUT2D eigenvalue weighted by atomic mass is 19.1. The molecule has 0 aliphatic heterocycles. The van der Waals surface area contributed by atoms with Gasteiger partial charge in [0.05, 0.1) is 0 Å². The van der Waals surface area contributed by atoms with Crippen LogP contribution in [0.3, 0.4) is 0 Å². The van der Waals surface area contributed by atoms with E-state index in [1.165, 1.54) is 12.1 Å². The molecule has 0 aliphatic carbocycles. The van der Waals surface area contributed by atoms with Crippen molar-refractivity contribution >= 4 is 0 Å². The van der Waals surface area contributed by atoms with Crippen LogP contribution in [-0.4, -0.2) is 49.5 Å². The SMILES string of the molecule is CN(CCOc1ccc(F)cc1)CC(O)COc1ccc(-c2ccccc2)cc1. The summed E-state index contributed by atoms with van der Waals surface area (Å²) in [4.78, 5) is 1.97. The quantitative estimate of drug-likeness (QED) is 0.557. The van der Waals surface area contributed by atoms with Crippen molar-refractivity contribution in [3.8, 4) is 22.6 Å². The summed E-state index contributed by atoms with van der Waals surface area (Å²) in [6.45, 7) is 1.78. The van der Waals surface area contributed by atoms with Gasteiger partial charge in [-0.1, -0.05) is 42.5 Å². The van der Waals surface area contributed by atoms with Gasteiger partial charge in [-0.15, -0.1) is 0 Å². The second-order valence-corrected chi connectivity index (χ2v) is 6.92. The van der Waals surface area contributed by atoms with Gasteiger partial charge in [0, 0.05) is 13.1 Å². The molecule has 0 heterocycles. The molecule has 0 saturated heterocycles. The molecule has 3 aromatic rings. The van der Waals surface area contributed by atoms with Gasteiger partial charge in [0.25, 0.3) is 0 Å². The van der Waals surface area contributed by atoms with E-state index in [-0.39, 0.29) is 12.4 Å². The van der Waals surface area contributed by atoms with E-state index in [0.717, 1.165) is 16.9 Å². The lowest BCUT2D eigenvalue weighted by Gasteiger charge is -2.21. The maximum absolute atomic E-state index is 12.9. The Kier molecular flexibility index (Phi) is 7.61. The summed E-state index contributed by atoms with van der Waals surface area (Å²) in [6, 6.07) is 23.9. The Morgan fingerprint density at radius 1 is 0.828 bits per heavy atom. The van der Waals surface area contributed by atoms with Crippen LogP contribution in [0.5, 0.6) is 11.5 Å². The molecule has 4 nitrogen and oxygen atoms in total. The van der Waals surface area contributed by atoms with Gasteiger partial charge in [-0.05, 0) is 54.6 Å². The third kappa shape index (κ3) is 6.89. The van der Waals surface area contributed by atoms with Crippen molar-refractivity contribution in [1.82, 2.24) is 4.90 Å². The maximum Gasteiger partial charge on any atom is 0.123 e. The van der Waals surface area contributed by atoms with Gasteiger partial charge in [0.1, 0.15) is 36.6 Å². The molecule has 1 unspecified atom stereocenters. The largest absolute Gasteiger partial charge is 0.492 e. The number of nitrogens with zero attached hydrogens (tertiary/aromatic N) is 1. The molecule has 0 fully saturated rings. The predicted octanol–water partition coefficient (Wildman–Crippen LogP) is 4.24. The van der Waals surface area contributed by atoms with E-state index in [1.807, 2.05) is 54.4 Å². The van der Waals surface area contributed by atoms with Crippen molar-refractivity contribution in [2.75, 3.05) is 33.4 Å². The van der Waals surface area contributed by atoms with Crippen molar-refractivity contribution in [3.05, 3.63) is 84.7 Å². The lowest BCUT2D eigenvalue weighted by molar-refractivity contribution is 0.0723. The number of rotatable bonds is 10. The number of ether oxygens (including phenoxy) is 2. The molecule has 29 heavy (non-hydrogen) atoms. The first-order chi connectivity index (χ1) is 14.1. The summed E-state index contributed by atoms with van der Waals surface area (Å²) in [5, 5.41) is 10.2. The highest BCUT2D eigenvalue weighted by Gasteiger charge is 2.10. The van der Waals surface area contributed by atoms with Crippen LogP contribution < -0.4 is 9.47 Å². The van der Waals surface area contributed by atoms with E-state index in [9.17, 15) is 9.50 Å². The minimum atomic E-state index is -0.611. The van der Waals surface area contributed by atoms with Crippen LogP contribution >= 0.6 is 0 Å². The molecule has 1 N–H and O–H groups in total. The number of aliphatic hydroxyl groups is 1. The van der Waals surface area contributed by atoms with Crippen LogP contribution in [0.15, 0.2) is 78.9 Å². The Morgan fingerprint density at radius 2 is 1.41 bits per heavy atom. The average Bonchev–Trinajstić information content (AvgIpc) is 2.75. The minimum Gasteiger partial charge on any atom is -0.492 e. The molecule has 3 rings (SSSR count). The fourth-order valence-corrected chi connectivity index (χ4v) is 2.92. The number of hydrogen-bond donors (Lipinski definition) is 1. The third-order valence-corrected chi connectivity index (χ3v) is 4.48. The minimum absolute atomic E-state index is 0.216. The molecule has 0 aromatic heterocycles. The maximum atomic E-state index is 12.9. The van der Waals surface area contributed by atoms with Crippen LogP contribution in [-0.2, 0) is 0 Å². The van der Waals surface area contributed by atoms with E-state index >= 15 is 0 Å². The summed E-state index contributed by atoms with van der Waals surface area (Å²) < 4.78 is 24.1. The molecule has 0 bridgehead atoms. The first kappa shape index (κ1) is 20.8. The molecular formula is C24H26FNO3. The zero-order valence-corrected chi connectivity index (χ0v) is 16.5. The Hall–Kier alpha value is -2.89. The molecular weight excluding hydrogens is 369 g/mol. The summed E-state index contributed by atoms with van der Waals surface area (Å²) in [5.74, 6) is 1.07. The van der Waals surface area contributed by atoms with Gasteiger partial charge in [0.15, 0.2) is 0 Å². The Labute approximate surface area is 171 Å². The van der Waals surface area contributed by atoms with Gasteiger partial charge >= 0.3 is 0 Å². The molecule has 0 aliphatic rings. The summed E-state index contributed by atoms with van der Waals surface area (Å²) in [6.07, 6.45) is -0.611. The lowest BCUT2D eigenvalue weighted by atomic mass is 10.1. The molecule has 152 valence electrons. The topological polar surface area (TPSA) is 41.9 Å². The van der Waals surface area contributed by atoms with Crippen LogP contribution in [0.25, 0.3) is 11.1 Å². The van der Waals surface area contributed by atoms with Crippen LogP contribution in [0.1, 0.15) is 0 Å². The highest BCUT2D eigenvalue weighted by molar-refractivity contribution is 5.63. The molecule has 3 aromatic carbocycles. The van der Waals surface area contributed by atoms with E-state index in [1.54, 1.807) is 12.1 Å². The van der Waals surface area contributed by atoms with Crippen molar-refractivity contribution in [1.29, 1.82) is 0 Å². The second-order valence-electron chi connectivity index (χ2n) is 6.92. The van der Waals surface area contributed by atoms with E-state index in [2.05, 4.69) is 12.1 Å². The smallest absolute Gasteiger partial charge is 0.123 e. The second kappa shape index (κ2) is 10.6. The number of benzene rings is 3. The van der Waals surface area contributed by atoms with Gasteiger partial charge in [-0.25, -0.2) is 4.39 Å². The van der Waals surface area contributed by atoms with Gasteiger partial charge in [-0.2, -0.15) is 0 Å². The van der Waals surface area contributed by atoms with E-state index < -0.39 is 6.10 Å². The molecule has 5 heteroatoms. The van der Waals surface area contributed by atoms with Crippen molar-refractivity contribution in [2.24, 2.45) is 0 Å². The average molecular weight is 395 g/mol. The Balaban J connectivity index is 1.36. The van der Waals surface area contributed by atoms with Crippen LogP contribution in [0.4, 0.5) is 4.39 Å². The molecule has 0 amide bonds. The lowest BCUT2D eigenvalue weighted by Crippen LogP contribution is -2.35. The number of aliphatic hydroxyl groups excluding tert-OH is 1. The van der Waals surface area contributed by atoms with Crippen molar-refractivity contribution < 1.29 is 19.0 Å². The molecule has 0 spiro atoms. The summed E-state index contributed by atoms with van der Waals surface area (Å²) in [5.41, 5.74) is 2.28. The molecule has 0 radical (unpaired) electrons. The third-order valence-electron chi connectivity index (χ3n) is 4.48. The fourth-order valence-electron chi connectivity index (χ4n) is 2.92. The summed E-state index contributed by atoms with van der Waals surface area (Å²) >= 11 is 0. The van der Waals surface area contributed by atoms with Crippen molar-refractivity contribution in [2.45, 2.75) is 6.10 Å². The number of halogens is 1. The Bertz CT molecular complexity index is 854. The van der Waals surface area contributed by atoms with Gasteiger partial charge in [0.2, 0.25) is 0 Å². The zero-order valence-electron chi connectivity index (χ0n) is 16.5. The monoisotopic (exact) mass is 395 g/mol. The zero-order chi connectivity index (χ0) is 20.5.